The Hall–Kier alpha value is -3.95. The van der Waals surface area contributed by atoms with Crippen molar-refractivity contribution in [2.75, 3.05) is 26.0 Å². The molecule has 0 fully saturated rings. The van der Waals surface area contributed by atoms with Crippen molar-refractivity contribution in [3.63, 3.8) is 0 Å². The number of aromatic nitrogens is 4. The predicted molar refractivity (Wildman–Crippen MR) is 115 cm³/mol. The van der Waals surface area contributed by atoms with Gasteiger partial charge in [-0.25, -0.2) is 4.79 Å². The van der Waals surface area contributed by atoms with E-state index in [0.29, 0.717) is 29.5 Å². The number of urea groups is 1. The van der Waals surface area contributed by atoms with Crippen LogP contribution in [0.15, 0.2) is 48.5 Å². The number of aryl methyl sites for hydroxylation is 1. The lowest BCUT2D eigenvalue weighted by Gasteiger charge is -2.18. The second-order valence-corrected chi connectivity index (χ2v) is 6.90. The molecular formula is C21H25N7O3. The SMILES string of the molecule is COc1ccc(NC(=O)CCNC(=O)N(C)Cc2ccccc2)cc1-n1nnnc1C. The molecule has 0 aliphatic heterocycles. The van der Waals surface area contributed by atoms with Gasteiger partial charge in [0.25, 0.3) is 0 Å². The van der Waals surface area contributed by atoms with E-state index in [1.165, 1.54) is 4.68 Å². The molecule has 10 heteroatoms. The Kier molecular flexibility index (Phi) is 7.15. The van der Waals surface area contributed by atoms with Crippen LogP contribution in [-0.2, 0) is 11.3 Å². The van der Waals surface area contributed by atoms with Gasteiger partial charge in [0.15, 0.2) is 5.82 Å². The number of hydrogen-bond acceptors (Lipinski definition) is 6. The third kappa shape index (κ3) is 5.78. The topological polar surface area (TPSA) is 114 Å². The van der Waals surface area contributed by atoms with Crippen molar-refractivity contribution in [3.05, 3.63) is 59.9 Å². The Morgan fingerprint density at radius 3 is 2.61 bits per heavy atom. The number of nitrogens with one attached hydrogen (secondary N) is 2. The van der Waals surface area contributed by atoms with Crippen molar-refractivity contribution < 1.29 is 14.3 Å². The number of hydrogen-bond donors (Lipinski definition) is 2. The van der Waals surface area contributed by atoms with E-state index < -0.39 is 0 Å². The fourth-order valence-corrected chi connectivity index (χ4v) is 2.96. The first-order chi connectivity index (χ1) is 15.0. The molecule has 0 saturated heterocycles. The highest BCUT2D eigenvalue weighted by atomic mass is 16.5. The lowest BCUT2D eigenvalue weighted by molar-refractivity contribution is -0.116. The number of carbonyl (C=O) groups excluding carboxylic acids is 2. The largest absolute Gasteiger partial charge is 0.494 e. The fraction of sp³-hybridized carbons (Fsp3) is 0.286. The molecule has 162 valence electrons. The molecule has 0 aliphatic carbocycles. The Labute approximate surface area is 180 Å². The Morgan fingerprint density at radius 2 is 1.94 bits per heavy atom. The third-order valence-electron chi connectivity index (χ3n) is 4.55. The van der Waals surface area contributed by atoms with Crippen LogP contribution in [0.4, 0.5) is 10.5 Å². The molecule has 3 rings (SSSR count). The van der Waals surface area contributed by atoms with Crippen LogP contribution in [0.2, 0.25) is 0 Å². The van der Waals surface area contributed by atoms with Crippen molar-refractivity contribution in [3.8, 4) is 11.4 Å². The second kappa shape index (κ2) is 10.2. The average molecular weight is 423 g/mol. The zero-order valence-electron chi connectivity index (χ0n) is 17.7. The molecule has 3 aromatic rings. The van der Waals surface area contributed by atoms with Crippen molar-refractivity contribution in [2.24, 2.45) is 0 Å². The van der Waals surface area contributed by atoms with Crippen LogP contribution in [0.1, 0.15) is 17.8 Å². The minimum atomic E-state index is -0.238. The summed E-state index contributed by atoms with van der Waals surface area (Å²) in [6, 6.07) is 14.6. The summed E-state index contributed by atoms with van der Waals surface area (Å²) in [6.45, 7) is 2.48. The Balaban J connectivity index is 1.52. The van der Waals surface area contributed by atoms with Gasteiger partial charge in [-0.2, -0.15) is 4.68 Å². The summed E-state index contributed by atoms with van der Waals surface area (Å²) in [5.74, 6) is 0.932. The van der Waals surface area contributed by atoms with E-state index in [1.54, 1.807) is 44.2 Å². The van der Waals surface area contributed by atoms with E-state index >= 15 is 0 Å². The van der Waals surface area contributed by atoms with Crippen LogP contribution in [0.3, 0.4) is 0 Å². The molecule has 3 amide bonds. The first-order valence-corrected chi connectivity index (χ1v) is 9.74. The number of carbonyl (C=O) groups is 2. The summed E-state index contributed by atoms with van der Waals surface area (Å²) in [7, 11) is 3.26. The molecule has 0 radical (unpaired) electrons. The number of nitrogens with zero attached hydrogens (tertiary/aromatic N) is 5. The molecule has 1 heterocycles. The number of tetrazole rings is 1. The highest BCUT2D eigenvalue weighted by Gasteiger charge is 2.13. The van der Waals surface area contributed by atoms with Crippen LogP contribution < -0.4 is 15.4 Å². The van der Waals surface area contributed by atoms with Gasteiger partial charge in [-0.15, -0.1) is 5.10 Å². The molecule has 1 aromatic heterocycles. The van der Waals surface area contributed by atoms with Crippen molar-refractivity contribution in [2.45, 2.75) is 19.9 Å². The zero-order chi connectivity index (χ0) is 22.2. The standard InChI is InChI=1S/C21H25N7O3/c1-15-24-25-26-28(15)18-13-17(9-10-19(18)31-3)23-20(29)11-12-22-21(30)27(2)14-16-7-5-4-6-8-16/h4-10,13H,11-12,14H2,1-3H3,(H,22,30)(H,23,29). The summed E-state index contributed by atoms with van der Waals surface area (Å²) < 4.78 is 6.88. The second-order valence-electron chi connectivity index (χ2n) is 6.90. The molecule has 10 nitrogen and oxygen atoms in total. The molecule has 0 aliphatic rings. The average Bonchev–Trinajstić information content (AvgIpc) is 3.20. The van der Waals surface area contributed by atoms with E-state index in [-0.39, 0.29) is 24.9 Å². The molecular weight excluding hydrogens is 398 g/mol. The van der Waals surface area contributed by atoms with E-state index in [2.05, 4.69) is 26.2 Å². The summed E-state index contributed by atoms with van der Waals surface area (Å²) in [6.07, 6.45) is 0.135. The number of rotatable bonds is 8. The van der Waals surface area contributed by atoms with E-state index in [0.717, 1.165) is 5.56 Å². The highest BCUT2D eigenvalue weighted by Crippen LogP contribution is 2.26. The molecule has 2 aromatic carbocycles. The summed E-state index contributed by atoms with van der Waals surface area (Å²) in [5, 5.41) is 17.0. The number of methoxy groups -OCH3 is 1. The van der Waals surface area contributed by atoms with Crippen LogP contribution in [0, 0.1) is 6.92 Å². The molecule has 0 atom stereocenters. The maximum absolute atomic E-state index is 12.3. The normalized spacial score (nSPS) is 10.4. The van der Waals surface area contributed by atoms with Crippen LogP contribution in [-0.4, -0.2) is 57.7 Å². The molecule has 31 heavy (non-hydrogen) atoms. The van der Waals surface area contributed by atoms with Gasteiger partial charge in [-0.05, 0) is 41.1 Å². The molecule has 0 bridgehead atoms. The molecule has 0 spiro atoms. The predicted octanol–water partition coefficient (Wildman–Crippen LogP) is 2.15. The quantitative estimate of drug-likeness (QED) is 0.574. The van der Waals surface area contributed by atoms with Gasteiger partial charge in [0.2, 0.25) is 5.91 Å². The summed E-state index contributed by atoms with van der Waals surface area (Å²) in [4.78, 5) is 26.1. The van der Waals surface area contributed by atoms with Crippen molar-refractivity contribution in [1.82, 2.24) is 30.4 Å². The van der Waals surface area contributed by atoms with Crippen LogP contribution in [0.5, 0.6) is 5.75 Å². The first kappa shape index (κ1) is 21.8. The van der Waals surface area contributed by atoms with Gasteiger partial charge in [0, 0.05) is 32.2 Å². The van der Waals surface area contributed by atoms with Crippen LogP contribution in [0.25, 0.3) is 5.69 Å². The van der Waals surface area contributed by atoms with Gasteiger partial charge < -0.3 is 20.3 Å². The smallest absolute Gasteiger partial charge is 0.317 e. The van der Waals surface area contributed by atoms with Gasteiger partial charge in [-0.3, -0.25) is 4.79 Å². The number of anilines is 1. The third-order valence-corrected chi connectivity index (χ3v) is 4.55. The zero-order valence-corrected chi connectivity index (χ0v) is 17.7. The maximum Gasteiger partial charge on any atom is 0.317 e. The fourth-order valence-electron chi connectivity index (χ4n) is 2.96. The number of amides is 3. The van der Waals surface area contributed by atoms with E-state index in [4.69, 9.17) is 4.74 Å². The molecule has 2 N–H and O–H groups in total. The Morgan fingerprint density at radius 1 is 1.16 bits per heavy atom. The number of benzene rings is 2. The molecule has 0 unspecified atom stereocenters. The highest BCUT2D eigenvalue weighted by molar-refractivity contribution is 5.91. The Bertz CT molecular complexity index is 1040. The van der Waals surface area contributed by atoms with Gasteiger partial charge in [0.05, 0.1) is 7.11 Å². The first-order valence-electron chi connectivity index (χ1n) is 9.74. The van der Waals surface area contributed by atoms with E-state index in [9.17, 15) is 9.59 Å². The maximum atomic E-state index is 12.3. The monoisotopic (exact) mass is 423 g/mol. The van der Waals surface area contributed by atoms with Gasteiger partial charge >= 0.3 is 6.03 Å². The summed E-state index contributed by atoms with van der Waals surface area (Å²) >= 11 is 0. The minimum Gasteiger partial charge on any atom is -0.494 e. The van der Waals surface area contributed by atoms with Gasteiger partial charge in [0.1, 0.15) is 11.4 Å². The van der Waals surface area contributed by atoms with Crippen LogP contribution >= 0.6 is 0 Å². The van der Waals surface area contributed by atoms with E-state index in [1.807, 2.05) is 30.3 Å². The van der Waals surface area contributed by atoms with Gasteiger partial charge in [-0.1, -0.05) is 30.3 Å². The molecule has 0 saturated carbocycles. The number of ether oxygens (including phenoxy) is 1. The van der Waals surface area contributed by atoms with Crippen molar-refractivity contribution >= 4 is 17.6 Å². The lowest BCUT2D eigenvalue weighted by atomic mass is 10.2. The van der Waals surface area contributed by atoms with Crippen molar-refractivity contribution in [1.29, 1.82) is 0 Å². The minimum absolute atomic E-state index is 0.135. The summed E-state index contributed by atoms with van der Waals surface area (Å²) in [5.41, 5.74) is 2.22. The lowest BCUT2D eigenvalue weighted by Crippen LogP contribution is -2.38.